The number of rotatable bonds is 7. The van der Waals surface area contributed by atoms with E-state index in [0.29, 0.717) is 13.0 Å². The number of thioether (sulfide) groups is 1. The highest BCUT2D eigenvalue weighted by Gasteiger charge is 2.43. The molecule has 0 aromatic heterocycles. The average molecular weight is 391 g/mol. The number of carbonyl (C=O) groups excluding carboxylic acids is 1. The van der Waals surface area contributed by atoms with Crippen LogP contribution in [0.25, 0.3) is 0 Å². The topological polar surface area (TPSA) is 26.3 Å². The van der Waals surface area contributed by atoms with E-state index in [0.717, 1.165) is 14.9 Å². The van der Waals surface area contributed by atoms with Crippen LogP contribution in [0.4, 0.5) is 0 Å². The molecule has 0 heterocycles. The molecule has 0 amide bonds. The second-order valence-corrected chi connectivity index (χ2v) is 7.52. The lowest BCUT2D eigenvalue weighted by Crippen LogP contribution is -2.34. The van der Waals surface area contributed by atoms with E-state index >= 15 is 0 Å². The van der Waals surface area contributed by atoms with Gasteiger partial charge in [0.05, 0.1) is 6.61 Å². The lowest BCUT2D eigenvalue weighted by atomic mass is 9.94. The largest absolute Gasteiger partial charge is 0.465 e. The first-order valence-electron chi connectivity index (χ1n) is 7.38. The lowest BCUT2D eigenvalue weighted by Gasteiger charge is -2.31. The molecule has 120 valence electrons. The zero-order valence-corrected chi connectivity index (χ0v) is 15.4. The van der Waals surface area contributed by atoms with E-state index in [1.54, 1.807) is 0 Å². The van der Waals surface area contributed by atoms with Gasteiger partial charge >= 0.3 is 5.97 Å². The summed E-state index contributed by atoms with van der Waals surface area (Å²) in [5.74, 6) is -0.249. The highest BCUT2D eigenvalue weighted by atomic mass is 79.9. The zero-order valence-electron chi connectivity index (χ0n) is 13.0. The fourth-order valence-electron chi connectivity index (χ4n) is 2.34. The molecule has 2 aromatic carbocycles. The van der Waals surface area contributed by atoms with Gasteiger partial charge in [0.1, 0.15) is 4.75 Å². The van der Waals surface area contributed by atoms with Gasteiger partial charge in [-0.2, -0.15) is 0 Å². The SMILES string of the molecule is C=C(Br)CC(Sc1ccccc1)(C(=O)OCC)c1ccccc1. The molecule has 23 heavy (non-hydrogen) atoms. The summed E-state index contributed by atoms with van der Waals surface area (Å²) in [6.07, 6.45) is 0.454. The minimum Gasteiger partial charge on any atom is -0.465 e. The number of allylic oxidation sites excluding steroid dienone is 1. The van der Waals surface area contributed by atoms with Crippen LogP contribution in [0, 0.1) is 0 Å². The van der Waals surface area contributed by atoms with Crippen LogP contribution in [0.3, 0.4) is 0 Å². The lowest BCUT2D eigenvalue weighted by molar-refractivity contribution is -0.146. The summed E-state index contributed by atoms with van der Waals surface area (Å²) in [5, 5.41) is 0. The van der Waals surface area contributed by atoms with Crippen molar-refractivity contribution >= 4 is 33.7 Å². The van der Waals surface area contributed by atoms with E-state index in [9.17, 15) is 4.79 Å². The Hall–Kier alpha value is -1.52. The van der Waals surface area contributed by atoms with Crippen molar-refractivity contribution in [3.63, 3.8) is 0 Å². The minimum atomic E-state index is -0.862. The van der Waals surface area contributed by atoms with Crippen molar-refractivity contribution in [2.75, 3.05) is 6.61 Å². The van der Waals surface area contributed by atoms with Gasteiger partial charge in [0.25, 0.3) is 0 Å². The van der Waals surface area contributed by atoms with Crippen LogP contribution < -0.4 is 0 Å². The minimum absolute atomic E-state index is 0.249. The van der Waals surface area contributed by atoms with E-state index in [-0.39, 0.29) is 5.97 Å². The van der Waals surface area contributed by atoms with Crippen molar-refractivity contribution in [2.24, 2.45) is 0 Å². The van der Waals surface area contributed by atoms with Gasteiger partial charge in [-0.05, 0) is 29.1 Å². The Morgan fingerprint density at radius 3 is 2.22 bits per heavy atom. The van der Waals surface area contributed by atoms with Crippen molar-refractivity contribution < 1.29 is 9.53 Å². The standard InChI is InChI=1S/C19H19BrO2S/c1-3-22-18(21)19(14-15(2)20,16-10-6-4-7-11-16)23-17-12-8-5-9-13-17/h4-13H,2-3,14H2,1H3. The summed E-state index contributed by atoms with van der Waals surface area (Å²) in [6, 6.07) is 19.6. The molecule has 0 saturated carbocycles. The van der Waals surface area contributed by atoms with E-state index in [2.05, 4.69) is 22.5 Å². The number of carbonyl (C=O) groups is 1. The number of halogens is 1. The molecule has 0 radical (unpaired) electrons. The number of ether oxygens (including phenoxy) is 1. The van der Waals surface area contributed by atoms with Gasteiger partial charge in [-0.1, -0.05) is 71.0 Å². The fraction of sp³-hybridized carbons (Fsp3) is 0.211. The Bertz CT molecular complexity index is 658. The third-order valence-electron chi connectivity index (χ3n) is 3.32. The van der Waals surface area contributed by atoms with Crippen LogP contribution in [-0.2, 0) is 14.3 Å². The smallest absolute Gasteiger partial charge is 0.327 e. The van der Waals surface area contributed by atoms with Gasteiger partial charge in [-0.15, -0.1) is 11.8 Å². The second kappa shape index (κ2) is 8.37. The Labute approximate surface area is 150 Å². The molecule has 2 rings (SSSR count). The van der Waals surface area contributed by atoms with Gasteiger partial charge in [-0.25, -0.2) is 0 Å². The first kappa shape index (κ1) is 17.8. The van der Waals surface area contributed by atoms with Crippen LogP contribution in [0.1, 0.15) is 18.9 Å². The number of esters is 1. The Morgan fingerprint density at radius 2 is 1.70 bits per heavy atom. The number of hydrogen-bond donors (Lipinski definition) is 0. The predicted octanol–water partition coefficient (Wildman–Crippen LogP) is 5.54. The molecule has 0 aliphatic rings. The molecule has 0 fully saturated rings. The first-order chi connectivity index (χ1) is 11.1. The maximum Gasteiger partial charge on any atom is 0.327 e. The predicted molar refractivity (Wildman–Crippen MR) is 99.7 cm³/mol. The first-order valence-corrected chi connectivity index (χ1v) is 8.99. The number of benzene rings is 2. The zero-order chi connectivity index (χ0) is 16.7. The molecule has 0 saturated heterocycles. The van der Waals surface area contributed by atoms with Crippen LogP contribution in [0.5, 0.6) is 0 Å². The quantitative estimate of drug-likeness (QED) is 0.458. The van der Waals surface area contributed by atoms with Crippen molar-refractivity contribution in [2.45, 2.75) is 23.0 Å². The molecule has 0 aliphatic carbocycles. The molecule has 1 unspecified atom stereocenters. The van der Waals surface area contributed by atoms with Gasteiger partial charge < -0.3 is 4.74 Å². The molecule has 0 aliphatic heterocycles. The molecule has 0 N–H and O–H groups in total. The van der Waals surface area contributed by atoms with Crippen molar-refractivity contribution in [3.05, 3.63) is 77.3 Å². The summed E-state index contributed by atoms with van der Waals surface area (Å²) in [6.45, 7) is 6.11. The molecular weight excluding hydrogens is 372 g/mol. The van der Waals surface area contributed by atoms with Crippen molar-refractivity contribution in [1.82, 2.24) is 0 Å². The summed E-state index contributed by atoms with van der Waals surface area (Å²) >= 11 is 4.93. The van der Waals surface area contributed by atoms with Crippen LogP contribution in [-0.4, -0.2) is 12.6 Å². The van der Waals surface area contributed by atoms with E-state index in [1.807, 2.05) is 67.6 Å². The number of hydrogen-bond acceptors (Lipinski definition) is 3. The highest BCUT2D eigenvalue weighted by molar-refractivity contribution is 9.11. The molecule has 2 aromatic rings. The van der Waals surface area contributed by atoms with E-state index < -0.39 is 4.75 Å². The average Bonchev–Trinajstić information content (AvgIpc) is 2.55. The molecule has 0 spiro atoms. The molecule has 2 nitrogen and oxygen atoms in total. The van der Waals surface area contributed by atoms with E-state index in [4.69, 9.17) is 4.74 Å². The molecule has 1 atom stereocenters. The monoisotopic (exact) mass is 390 g/mol. The van der Waals surface area contributed by atoms with Crippen molar-refractivity contribution in [3.8, 4) is 0 Å². The van der Waals surface area contributed by atoms with Crippen LogP contribution in [0.15, 0.2) is 76.6 Å². The maximum absolute atomic E-state index is 12.9. The molecular formula is C19H19BrO2S. The third kappa shape index (κ3) is 4.49. The fourth-order valence-corrected chi connectivity index (χ4v) is 4.29. The second-order valence-electron chi connectivity index (χ2n) is 5.02. The Balaban J connectivity index is 2.53. The van der Waals surface area contributed by atoms with Crippen LogP contribution in [0.2, 0.25) is 0 Å². The van der Waals surface area contributed by atoms with Gasteiger partial charge in [0.2, 0.25) is 0 Å². The summed E-state index contributed by atoms with van der Waals surface area (Å²) in [5.41, 5.74) is 0.910. The van der Waals surface area contributed by atoms with Crippen molar-refractivity contribution in [1.29, 1.82) is 0 Å². The molecule has 0 bridgehead atoms. The summed E-state index contributed by atoms with van der Waals surface area (Å²) < 4.78 is 5.31. The molecule has 4 heteroatoms. The van der Waals surface area contributed by atoms with Gasteiger partial charge in [0, 0.05) is 11.3 Å². The summed E-state index contributed by atoms with van der Waals surface area (Å²) in [7, 11) is 0. The van der Waals surface area contributed by atoms with Gasteiger partial charge in [0.15, 0.2) is 0 Å². The van der Waals surface area contributed by atoms with E-state index in [1.165, 1.54) is 11.8 Å². The summed E-state index contributed by atoms with van der Waals surface area (Å²) in [4.78, 5) is 13.9. The Kier molecular flexibility index (Phi) is 6.48. The van der Waals surface area contributed by atoms with Gasteiger partial charge in [-0.3, -0.25) is 4.79 Å². The third-order valence-corrected chi connectivity index (χ3v) is 5.00. The maximum atomic E-state index is 12.9. The Morgan fingerprint density at radius 1 is 1.13 bits per heavy atom. The van der Waals surface area contributed by atoms with Crippen LogP contribution >= 0.6 is 27.7 Å². The normalized spacial score (nSPS) is 13.1. The highest BCUT2D eigenvalue weighted by Crippen LogP contribution is 2.47.